The van der Waals surface area contributed by atoms with Crippen LogP contribution in [0.5, 0.6) is 0 Å². The largest absolute Gasteiger partial charge is 0.356 e. The van der Waals surface area contributed by atoms with Crippen LogP contribution in [0.3, 0.4) is 0 Å². The third-order valence-electron chi connectivity index (χ3n) is 4.08. The Hall–Kier alpha value is -2.09. The van der Waals surface area contributed by atoms with Crippen molar-refractivity contribution in [3.8, 4) is 0 Å². The molecule has 8 heteroatoms. The molecule has 1 aliphatic heterocycles. The Morgan fingerprint density at radius 2 is 2.16 bits per heavy atom. The Bertz CT molecular complexity index is 766. The molecule has 1 N–H and O–H groups in total. The lowest BCUT2D eigenvalue weighted by molar-refractivity contribution is -0.116. The number of allylic oxidation sites excluding steroid dienone is 1. The van der Waals surface area contributed by atoms with E-state index in [1.54, 1.807) is 17.8 Å². The van der Waals surface area contributed by atoms with Crippen LogP contribution in [0.25, 0.3) is 11.0 Å². The lowest BCUT2D eigenvalue weighted by Crippen LogP contribution is -2.25. The summed E-state index contributed by atoms with van der Waals surface area (Å²) in [6.45, 7) is 7.09. The summed E-state index contributed by atoms with van der Waals surface area (Å²) in [7, 11) is 0. The highest BCUT2D eigenvalue weighted by Crippen LogP contribution is 2.29. The van der Waals surface area contributed by atoms with Gasteiger partial charge >= 0.3 is 0 Å². The molecule has 25 heavy (non-hydrogen) atoms. The molecule has 2 aromatic rings. The van der Waals surface area contributed by atoms with Crippen molar-refractivity contribution in [1.82, 2.24) is 25.1 Å². The van der Waals surface area contributed by atoms with Crippen LogP contribution in [0.1, 0.15) is 26.7 Å². The molecule has 0 unspecified atom stereocenters. The first kappa shape index (κ1) is 17.7. The third kappa shape index (κ3) is 4.12. The van der Waals surface area contributed by atoms with E-state index < -0.39 is 0 Å². The lowest BCUT2D eigenvalue weighted by Gasteiger charge is -2.17. The summed E-state index contributed by atoms with van der Waals surface area (Å²) in [5.41, 5.74) is 0.841. The number of nitrogens with one attached hydrogen (secondary N) is 1. The molecule has 3 heterocycles. The summed E-state index contributed by atoms with van der Waals surface area (Å²) in [5.74, 6) is 1.83. The van der Waals surface area contributed by atoms with Crippen molar-refractivity contribution in [3.05, 3.63) is 18.3 Å². The number of nitrogens with zero attached hydrogens (tertiary/aromatic N) is 5. The van der Waals surface area contributed by atoms with Gasteiger partial charge in [-0.1, -0.05) is 24.8 Å². The second-order valence-electron chi connectivity index (χ2n) is 5.85. The maximum atomic E-state index is 11.5. The van der Waals surface area contributed by atoms with E-state index in [9.17, 15) is 4.79 Å². The van der Waals surface area contributed by atoms with Crippen molar-refractivity contribution in [3.63, 3.8) is 0 Å². The van der Waals surface area contributed by atoms with Gasteiger partial charge in [-0.3, -0.25) is 4.79 Å². The topological polar surface area (TPSA) is 75.9 Å². The fourth-order valence-corrected chi connectivity index (χ4v) is 3.50. The van der Waals surface area contributed by atoms with Crippen molar-refractivity contribution in [2.24, 2.45) is 0 Å². The molecule has 1 amide bonds. The van der Waals surface area contributed by atoms with Crippen LogP contribution in [-0.2, 0) is 11.3 Å². The van der Waals surface area contributed by atoms with Gasteiger partial charge in [-0.25, -0.2) is 14.6 Å². The molecule has 134 valence electrons. The average Bonchev–Trinajstić information content (AvgIpc) is 3.25. The molecule has 0 aromatic carbocycles. The SMILES string of the molecule is CC=CC(=O)NCCn1ncc2c(N3CCCC3)nc(SCC)nc21. The van der Waals surface area contributed by atoms with Gasteiger partial charge in [0.25, 0.3) is 0 Å². The second-order valence-corrected chi connectivity index (χ2v) is 7.08. The molecule has 0 bridgehead atoms. The van der Waals surface area contributed by atoms with E-state index >= 15 is 0 Å². The summed E-state index contributed by atoms with van der Waals surface area (Å²) in [6.07, 6.45) is 7.49. The fourth-order valence-electron chi connectivity index (χ4n) is 2.94. The van der Waals surface area contributed by atoms with Crippen molar-refractivity contribution in [1.29, 1.82) is 0 Å². The van der Waals surface area contributed by atoms with Crippen LogP contribution < -0.4 is 10.2 Å². The molecule has 0 radical (unpaired) electrons. The van der Waals surface area contributed by atoms with Crippen molar-refractivity contribution >= 4 is 34.5 Å². The quantitative estimate of drug-likeness (QED) is 0.464. The lowest BCUT2D eigenvalue weighted by atomic mass is 10.3. The zero-order valence-corrected chi connectivity index (χ0v) is 15.6. The number of carbonyl (C=O) groups excluding carboxylic acids is 1. The van der Waals surface area contributed by atoms with Gasteiger partial charge in [-0.05, 0) is 31.6 Å². The number of anilines is 1. The van der Waals surface area contributed by atoms with Gasteiger partial charge in [0.05, 0.1) is 18.1 Å². The average molecular weight is 360 g/mol. The second kappa shape index (κ2) is 8.33. The van der Waals surface area contributed by atoms with Crippen LogP contribution in [0.2, 0.25) is 0 Å². The predicted octanol–water partition coefficient (Wildman–Crippen LogP) is 2.23. The summed E-state index contributed by atoms with van der Waals surface area (Å²) in [6, 6.07) is 0. The molecule has 0 spiro atoms. The molecule has 0 saturated carbocycles. The van der Waals surface area contributed by atoms with E-state index in [1.807, 2.05) is 17.8 Å². The van der Waals surface area contributed by atoms with E-state index in [4.69, 9.17) is 9.97 Å². The maximum Gasteiger partial charge on any atom is 0.243 e. The van der Waals surface area contributed by atoms with Crippen molar-refractivity contribution < 1.29 is 4.79 Å². The summed E-state index contributed by atoms with van der Waals surface area (Å²) in [4.78, 5) is 23.3. The first-order valence-electron chi connectivity index (χ1n) is 8.74. The van der Waals surface area contributed by atoms with E-state index in [0.717, 1.165) is 40.9 Å². The van der Waals surface area contributed by atoms with Gasteiger partial charge in [0.2, 0.25) is 5.91 Å². The predicted molar refractivity (Wildman–Crippen MR) is 101 cm³/mol. The minimum atomic E-state index is -0.0893. The number of thioether (sulfide) groups is 1. The van der Waals surface area contributed by atoms with Gasteiger partial charge in [-0.2, -0.15) is 5.10 Å². The minimum absolute atomic E-state index is 0.0893. The highest BCUT2D eigenvalue weighted by atomic mass is 32.2. The number of hydrogen-bond donors (Lipinski definition) is 1. The first-order chi connectivity index (χ1) is 12.2. The van der Waals surface area contributed by atoms with Gasteiger partial charge in [-0.15, -0.1) is 0 Å². The van der Waals surface area contributed by atoms with Gasteiger partial charge in [0.1, 0.15) is 5.82 Å². The Morgan fingerprint density at radius 1 is 1.36 bits per heavy atom. The standard InChI is InChI=1S/C17H24N6OS/c1-3-7-14(24)18-8-11-23-16-13(12-19-23)15(22-9-5-6-10-22)20-17(21-16)25-4-2/h3,7,12H,4-6,8-11H2,1-2H3,(H,18,24). The highest BCUT2D eigenvalue weighted by Gasteiger charge is 2.20. The molecular weight excluding hydrogens is 336 g/mol. The van der Waals surface area contributed by atoms with Crippen LogP contribution in [-0.4, -0.2) is 51.0 Å². The zero-order chi connectivity index (χ0) is 17.6. The molecular formula is C17H24N6OS. The van der Waals surface area contributed by atoms with Gasteiger partial charge in [0.15, 0.2) is 10.8 Å². The molecule has 1 saturated heterocycles. The third-order valence-corrected chi connectivity index (χ3v) is 4.80. The number of rotatable bonds is 7. The van der Waals surface area contributed by atoms with Crippen LogP contribution >= 0.6 is 11.8 Å². The zero-order valence-electron chi connectivity index (χ0n) is 14.7. The molecule has 1 fully saturated rings. The Balaban J connectivity index is 1.85. The fraction of sp³-hybridized carbons (Fsp3) is 0.529. The number of hydrogen-bond acceptors (Lipinski definition) is 6. The normalized spacial score (nSPS) is 14.7. The molecule has 3 rings (SSSR count). The minimum Gasteiger partial charge on any atom is -0.356 e. The van der Waals surface area contributed by atoms with Gasteiger partial charge in [0, 0.05) is 19.6 Å². The number of fused-ring (bicyclic) bond motifs is 1. The van der Waals surface area contributed by atoms with Crippen molar-refractivity contribution in [2.75, 3.05) is 30.3 Å². The molecule has 1 aliphatic rings. The van der Waals surface area contributed by atoms with Crippen molar-refractivity contribution in [2.45, 2.75) is 38.4 Å². The number of aromatic nitrogens is 4. The summed E-state index contributed by atoms with van der Waals surface area (Å²) in [5, 5.41) is 9.11. The monoisotopic (exact) mass is 360 g/mol. The van der Waals surface area contributed by atoms with E-state index in [1.165, 1.54) is 18.9 Å². The molecule has 0 aliphatic carbocycles. The van der Waals surface area contributed by atoms with E-state index in [2.05, 4.69) is 22.2 Å². The molecule has 0 atom stereocenters. The van der Waals surface area contributed by atoms with Crippen LogP contribution in [0, 0.1) is 0 Å². The Labute approximate surface area is 151 Å². The highest BCUT2D eigenvalue weighted by molar-refractivity contribution is 7.99. The Kier molecular flexibility index (Phi) is 5.91. The smallest absolute Gasteiger partial charge is 0.243 e. The van der Waals surface area contributed by atoms with Crippen LogP contribution in [0.4, 0.5) is 5.82 Å². The summed E-state index contributed by atoms with van der Waals surface area (Å²) < 4.78 is 1.85. The van der Waals surface area contributed by atoms with E-state index in [0.29, 0.717) is 13.1 Å². The summed E-state index contributed by atoms with van der Waals surface area (Å²) >= 11 is 1.64. The van der Waals surface area contributed by atoms with E-state index in [-0.39, 0.29) is 5.91 Å². The van der Waals surface area contributed by atoms with Gasteiger partial charge < -0.3 is 10.2 Å². The molecule has 7 nitrogen and oxygen atoms in total. The number of carbonyl (C=O) groups is 1. The molecule has 2 aromatic heterocycles. The maximum absolute atomic E-state index is 11.5. The van der Waals surface area contributed by atoms with Crippen LogP contribution in [0.15, 0.2) is 23.5 Å². The number of amides is 1. The Morgan fingerprint density at radius 3 is 2.88 bits per heavy atom. The first-order valence-corrected chi connectivity index (χ1v) is 9.73.